The van der Waals surface area contributed by atoms with Crippen molar-refractivity contribution in [3.8, 4) is 0 Å². The fourth-order valence-corrected chi connectivity index (χ4v) is 7.76. The van der Waals surface area contributed by atoms with Gasteiger partial charge in [0.05, 0.1) is 5.56 Å². The number of hydrogen-bond acceptors (Lipinski definition) is 4. The minimum Gasteiger partial charge on any atom is -0.459 e. The van der Waals surface area contributed by atoms with Crippen molar-refractivity contribution < 1.29 is 27.6 Å². The fraction of sp³-hybridized carbons (Fsp3) is 0.452. The summed E-state index contributed by atoms with van der Waals surface area (Å²) in [4.78, 5) is 39.5. The molecule has 4 nitrogen and oxygen atoms in total. The number of allylic oxidation sites excluding steroid dienone is 2. The molecule has 3 aromatic rings. The largest absolute Gasteiger partial charge is 0.459 e. The molecule has 0 radical (unpaired) electrons. The van der Waals surface area contributed by atoms with Gasteiger partial charge in [0, 0.05) is 30.4 Å². The summed E-state index contributed by atoms with van der Waals surface area (Å²) < 4.78 is 35.2. The molecule has 254 valence electrons. The Morgan fingerprint density at radius 2 is 1.58 bits per heavy atom. The van der Waals surface area contributed by atoms with Crippen molar-refractivity contribution in [1.82, 2.24) is 0 Å². The number of benzene rings is 2. The van der Waals surface area contributed by atoms with Crippen LogP contribution in [0.2, 0.25) is 0 Å². The SMILES string of the molecule is C=C(CCCC1CCCC(=O)C1)C(=O)c1ccc(C2CCC(c3ccccc3C)CC2)c(C(=C)C(=O)c2cc(C)oc2C(F)(F)CC)c1. The number of carbonyl (C=O) groups is 3. The highest BCUT2D eigenvalue weighted by Gasteiger charge is 2.39. The van der Waals surface area contributed by atoms with Crippen molar-refractivity contribution in [2.45, 2.75) is 116 Å². The zero-order chi connectivity index (χ0) is 34.6. The Morgan fingerprint density at radius 1 is 0.896 bits per heavy atom. The predicted molar refractivity (Wildman–Crippen MR) is 187 cm³/mol. The van der Waals surface area contributed by atoms with Crippen LogP contribution in [0.3, 0.4) is 0 Å². The Morgan fingerprint density at radius 3 is 2.25 bits per heavy atom. The van der Waals surface area contributed by atoms with E-state index in [-0.39, 0.29) is 28.6 Å². The lowest BCUT2D eigenvalue weighted by molar-refractivity contribution is -0.121. The van der Waals surface area contributed by atoms with Gasteiger partial charge in [-0.05, 0) is 129 Å². The number of ketones is 3. The Bertz CT molecular complexity index is 1700. The number of carbonyl (C=O) groups excluding carboxylic acids is 3. The zero-order valence-electron chi connectivity index (χ0n) is 28.6. The summed E-state index contributed by atoms with van der Waals surface area (Å²) in [5, 5.41) is 0. The molecule has 0 bridgehead atoms. The van der Waals surface area contributed by atoms with E-state index in [1.807, 2.05) is 6.07 Å². The molecule has 2 fully saturated rings. The summed E-state index contributed by atoms with van der Waals surface area (Å²) in [7, 11) is 0. The van der Waals surface area contributed by atoms with E-state index >= 15 is 0 Å². The summed E-state index contributed by atoms with van der Waals surface area (Å²) in [6.07, 6.45) is 8.68. The Kier molecular flexibility index (Phi) is 11.1. The molecule has 2 saturated carbocycles. The first-order valence-electron chi connectivity index (χ1n) is 17.6. The number of rotatable bonds is 13. The van der Waals surface area contributed by atoms with Crippen LogP contribution in [0.4, 0.5) is 8.78 Å². The van der Waals surface area contributed by atoms with E-state index in [2.05, 4.69) is 44.3 Å². The van der Waals surface area contributed by atoms with Crippen LogP contribution in [0.1, 0.15) is 150 Å². The lowest BCUT2D eigenvalue weighted by Gasteiger charge is -2.31. The minimum atomic E-state index is -3.31. The molecule has 6 heteroatoms. The highest BCUT2D eigenvalue weighted by Crippen LogP contribution is 2.44. The molecule has 1 aromatic heterocycles. The number of Topliss-reactive ketones (excluding diaryl/α,β-unsaturated/α-hetero) is 3. The Balaban J connectivity index is 1.40. The minimum absolute atomic E-state index is 0.0715. The smallest absolute Gasteiger partial charge is 0.305 e. The van der Waals surface area contributed by atoms with E-state index in [0.717, 1.165) is 56.9 Å². The molecular formula is C42H48F2O4. The van der Waals surface area contributed by atoms with E-state index < -0.39 is 23.9 Å². The average molecular weight is 655 g/mol. The van der Waals surface area contributed by atoms with Crippen LogP contribution < -0.4 is 0 Å². The highest BCUT2D eigenvalue weighted by atomic mass is 19.3. The first kappa shape index (κ1) is 35.4. The van der Waals surface area contributed by atoms with E-state index in [1.54, 1.807) is 19.1 Å². The monoisotopic (exact) mass is 654 g/mol. The number of alkyl halides is 2. The molecule has 0 N–H and O–H groups in total. The van der Waals surface area contributed by atoms with Crippen LogP contribution in [0.25, 0.3) is 5.57 Å². The summed E-state index contributed by atoms with van der Waals surface area (Å²) in [6, 6.07) is 15.3. The molecule has 0 spiro atoms. The second kappa shape index (κ2) is 15.1. The number of aryl methyl sites for hydroxylation is 2. The normalized spacial score (nSPS) is 20.0. The average Bonchev–Trinajstić information content (AvgIpc) is 3.50. The summed E-state index contributed by atoms with van der Waals surface area (Å²) >= 11 is 0. The quantitative estimate of drug-likeness (QED) is 0.136. The second-order valence-corrected chi connectivity index (χ2v) is 14.0. The maximum atomic E-state index is 14.9. The van der Waals surface area contributed by atoms with Crippen LogP contribution in [0.15, 0.2) is 71.7 Å². The molecule has 5 rings (SSSR count). The van der Waals surface area contributed by atoms with Crippen molar-refractivity contribution in [3.05, 3.63) is 112 Å². The Labute approximate surface area is 283 Å². The van der Waals surface area contributed by atoms with E-state index in [1.165, 1.54) is 24.1 Å². The maximum absolute atomic E-state index is 14.9. The van der Waals surface area contributed by atoms with Gasteiger partial charge in [-0.25, -0.2) is 0 Å². The predicted octanol–water partition coefficient (Wildman–Crippen LogP) is 11.4. The first-order chi connectivity index (χ1) is 22.9. The summed E-state index contributed by atoms with van der Waals surface area (Å²) in [5.41, 5.74) is 4.82. The third-order valence-electron chi connectivity index (χ3n) is 10.6. The third-order valence-corrected chi connectivity index (χ3v) is 10.6. The zero-order valence-corrected chi connectivity index (χ0v) is 28.6. The van der Waals surface area contributed by atoms with Crippen molar-refractivity contribution in [1.29, 1.82) is 0 Å². The molecule has 1 heterocycles. The molecule has 1 unspecified atom stereocenters. The third kappa shape index (κ3) is 7.85. The van der Waals surface area contributed by atoms with E-state index in [4.69, 9.17) is 4.42 Å². The van der Waals surface area contributed by atoms with Gasteiger partial charge in [0.1, 0.15) is 11.5 Å². The van der Waals surface area contributed by atoms with Crippen molar-refractivity contribution >= 4 is 22.9 Å². The van der Waals surface area contributed by atoms with E-state index in [0.29, 0.717) is 53.6 Å². The topological polar surface area (TPSA) is 64.3 Å². The second-order valence-electron chi connectivity index (χ2n) is 14.0. The summed E-state index contributed by atoms with van der Waals surface area (Å²) in [6.45, 7) is 13.3. The lowest BCUT2D eigenvalue weighted by Crippen LogP contribution is -2.18. The number of furan rings is 1. The molecule has 48 heavy (non-hydrogen) atoms. The standard InChI is InChI=1S/C42H48F2O4/c1-6-42(43,44)41-38(23-28(4)48-41)40(47)29(5)37-25-33(39(46)27(3)12-9-13-30-14-10-15-34(45)24-30)21-22-36(37)32-19-17-31(18-20-32)35-16-8-7-11-26(35)2/h7-8,11,16,21-23,25,30-32H,3,5-6,9-10,12-15,17-20,24H2,1-2,4H3. The van der Waals surface area contributed by atoms with Gasteiger partial charge in [-0.3, -0.25) is 14.4 Å². The van der Waals surface area contributed by atoms with Gasteiger partial charge in [-0.1, -0.05) is 56.5 Å². The molecule has 2 aliphatic carbocycles. The molecule has 2 aliphatic rings. The fourth-order valence-electron chi connectivity index (χ4n) is 7.76. The van der Waals surface area contributed by atoms with Crippen LogP contribution in [-0.2, 0) is 10.7 Å². The van der Waals surface area contributed by atoms with Gasteiger partial charge < -0.3 is 4.42 Å². The molecule has 1 atom stereocenters. The van der Waals surface area contributed by atoms with Crippen LogP contribution in [0, 0.1) is 19.8 Å². The molecule has 0 saturated heterocycles. The van der Waals surface area contributed by atoms with Crippen molar-refractivity contribution in [3.63, 3.8) is 0 Å². The Hall–Kier alpha value is -3.93. The molecule has 0 amide bonds. The van der Waals surface area contributed by atoms with Crippen LogP contribution in [-0.4, -0.2) is 17.3 Å². The first-order valence-corrected chi connectivity index (χ1v) is 17.6. The van der Waals surface area contributed by atoms with Crippen molar-refractivity contribution in [2.75, 3.05) is 0 Å². The number of hydrogen-bond donors (Lipinski definition) is 0. The van der Waals surface area contributed by atoms with Gasteiger partial charge >= 0.3 is 5.92 Å². The molecule has 2 aromatic carbocycles. The summed E-state index contributed by atoms with van der Waals surface area (Å²) in [5.74, 6) is -3.31. The number of halogens is 2. The van der Waals surface area contributed by atoms with Gasteiger partial charge in [0.2, 0.25) is 0 Å². The molecule has 0 aliphatic heterocycles. The van der Waals surface area contributed by atoms with Gasteiger partial charge in [0.15, 0.2) is 17.3 Å². The van der Waals surface area contributed by atoms with Crippen molar-refractivity contribution in [2.24, 2.45) is 5.92 Å². The van der Waals surface area contributed by atoms with Gasteiger partial charge in [0.25, 0.3) is 0 Å². The highest BCUT2D eigenvalue weighted by molar-refractivity contribution is 6.29. The lowest BCUT2D eigenvalue weighted by atomic mass is 9.73. The van der Waals surface area contributed by atoms with Gasteiger partial charge in [-0.2, -0.15) is 8.78 Å². The van der Waals surface area contributed by atoms with Gasteiger partial charge in [-0.15, -0.1) is 0 Å². The van der Waals surface area contributed by atoms with Crippen LogP contribution in [0.5, 0.6) is 0 Å². The molecular weight excluding hydrogens is 606 g/mol. The van der Waals surface area contributed by atoms with E-state index in [9.17, 15) is 23.2 Å². The van der Waals surface area contributed by atoms with Crippen LogP contribution >= 0.6 is 0 Å². The maximum Gasteiger partial charge on any atom is 0.305 e.